The fraction of sp³-hybridized carbons (Fsp3) is 0.280. The summed E-state index contributed by atoms with van der Waals surface area (Å²) in [6, 6.07) is 14.5. The Hall–Kier alpha value is -2.84. The van der Waals surface area contributed by atoms with Gasteiger partial charge in [-0.1, -0.05) is 47.5 Å². The van der Waals surface area contributed by atoms with Crippen LogP contribution in [0.1, 0.15) is 16.8 Å². The maximum atomic E-state index is 13.4. The zero-order chi connectivity index (χ0) is 23.8. The van der Waals surface area contributed by atoms with Crippen LogP contribution in [0, 0.1) is 6.92 Å². The topological polar surface area (TPSA) is 72.3 Å². The van der Waals surface area contributed by atoms with Crippen LogP contribution in [-0.4, -0.2) is 45.6 Å². The predicted octanol–water partition coefficient (Wildman–Crippen LogP) is 3.98. The maximum absolute atomic E-state index is 13.4. The van der Waals surface area contributed by atoms with Gasteiger partial charge in [0.15, 0.2) is 0 Å². The highest BCUT2D eigenvalue weighted by atomic mass is 35.5. The molecule has 9 heteroatoms. The number of rotatable bonds is 5. The Morgan fingerprint density at radius 2 is 1.68 bits per heavy atom. The Balaban J connectivity index is 1.56. The summed E-state index contributed by atoms with van der Waals surface area (Å²) in [4.78, 5) is 28.8. The monoisotopic (exact) mass is 498 g/mol. The van der Waals surface area contributed by atoms with E-state index in [1.807, 2.05) is 18.2 Å². The summed E-state index contributed by atoms with van der Waals surface area (Å²) >= 11 is 12.4. The van der Waals surface area contributed by atoms with Gasteiger partial charge in [-0.2, -0.15) is 0 Å². The van der Waals surface area contributed by atoms with Crippen molar-refractivity contribution in [2.24, 2.45) is 0 Å². The zero-order valence-electron chi connectivity index (χ0n) is 18.7. The highest BCUT2D eigenvalue weighted by Crippen LogP contribution is 2.24. The Labute approximate surface area is 206 Å². The molecule has 0 spiro atoms. The number of morpholine rings is 1. The van der Waals surface area contributed by atoms with Crippen LogP contribution >= 0.6 is 23.2 Å². The molecular weight excluding hydrogens is 475 g/mol. The number of aromatic amines is 1. The second kappa shape index (κ2) is 9.43. The minimum Gasteiger partial charge on any atom is -0.379 e. The molecular formula is C25H24Cl2N4O3. The highest BCUT2D eigenvalue weighted by molar-refractivity contribution is 6.34. The molecule has 0 bridgehead atoms. The van der Waals surface area contributed by atoms with Crippen molar-refractivity contribution >= 4 is 34.1 Å². The van der Waals surface area contributed by atoms with E-state index in [4.69, 9.17) is 27.9 Å². The molecule has 2 aromatic carbocycles. The van der Waals surface area contributed by atoms with E-state index in [-0.39, 0.29) is 11.1 Å². The third-order valence-electron chi connectivity index (χ3n) is 6.31. The Bertz CT molecular complexity index is 1480. The highest BCUT2D eigenvalue weighted by Gasteiger charge is 2.18. The second-order valence-corrected chi connectivity index (χ2v) is 9.29. The summed E-state index contributed by atoms with van der Waals surface area (Å²) in [5.74, 6) is 0. The van der Waals surface area contributed by atoms with Gasteiger partial charge < -0.3 is 9.30 Å². The SMILES string of the molecule is Cc1c2c(=O)n(-c3cc(Cl)ccc3Cl)[nH]c2cc(=O)n1Cc1ccccc1CN1CCOCC1. The summed E-state index contributed by atoms with van der Waals surface area (Å²) in [6.45, 7) is 6.20. The number of ether oxygens (including phenoxy) is 1. The first-order valence-electron chi connectivity index (χ1n) is 11.1. The molecule has 5 rings (SSSR count). The number of nitrogens with zero attached hydrogens (tertiary/aromatic N) is 3. The molecule has 0 atom stereocenters. The molecule has 1 N–H and O–H groups in total. The van der Waals surface area contributed by atoms with Crippen molar-refractivity contribution in [2.75, 3.05) is 26.3 Å². The number of aromatic nitrogens is 3. The third-order valence-corrected chi connectivity index (χ3v) is 6.87. The van der Waals surface area contributed by atoms with Crippen LogP contribution < -0.4 is 11.1 Å². The van der Waals surface area contributed by atoms with E-state index in [2.05, 4.69) is 16.1 Å². The maximum Gasteiger partial charge on any atom is 0.280 e. The molecule has 4 aromatic rings. The van der Waals surface area contributed by atoms with Crippen molar-refractivity contribution in [2.45, 2.75) is 20.0 Å². The molecule has 0 amide bonds. The van der Waals surface area contributed by atoms with Gasteiger partial charge in [-0.3, -0.25) is 19.6 Å². The Morgan fingerprint density at radius 1 is 0.971 bits per heavy atom. The van der Waals surface area contributed by atoms with Gasteiger partial charge in [-0.25, -0.2) is 4.68 Å². The lowest BCUT2D eigenvalue weighted by Gasteiger charge is -2.27. The normalized spacial score (nSPS) is 14.7. The number of halogens is 2. The molecule has 34 heavy (non-hydrogen) atoms. The number of pyridine rings is 1. The summed E-state index contributed by atoms with van der Waals surface area (Å²) in [5.41, 5.74) is 3.23. The van der Waals surface area contributed by atoms with Crippen molar-refractivity contribution in [1.82, 2.24) is 19.2 Å². The van der Waals surface area contributed by atoms with Gasteiger partial charge in [0.2, 0.25) is 0 Å². The first-order valence-corrected chi connectivity index (χ1v) is 11.9. The van der Waals surface area contributed by atoms with Gasteiger partial charge in [0.25, 0.3) is 11.1 Å². The first kappa shape index (κ1) is 22.9. The molecule has 2 aromatic heterocycles. The number of H-pyrrole nitrogens is 1. The molecule has 0 radical (unpaired) electrons. The van der Waals surface area contributed by atoms with Crippen molar-refractivity contribution in [3.63, 3.8) is 0 Å². The van der Waals surface area contributed by atoms with Crippen molar-refractivity contribution in [3.8, 4) is 5.69 Å². The van der Waals surface area contributed by atoms with Crippen LogP contribution in [0.25, 0.3) is 16.6 Å². The van der Waals surface area contributed by atoms with Gasteiger partial charge in [0, 0.05) is 36.4 Å². The molecule has 0 aliphatic carbocycles. The van der Waals surface area contributed by atoms with E-state index >= 15 is 0 Å². The molecule has 1 aliphatic rings. The van der Waals surface area contributed by atoms with Gasteiger partial charge in [-0.05, 0) is 36.2 Å². The Kier molecular flexibility index (Phi) is 6.36. The summed E-state index contributed by atoms with van der Waals surface area (Å²) in [5, 5.41) is 4.30. The van der Waals surface area contributed by atoms with Gasteiger partial charge >= 0.3 is 0 Å². The van der Waals surface area contributed by atoms with E-state index in [1.165, 1.54) is 10.7 Å². The number of aryl methyl sites for hydroxylation is 1. The predicted molar refractivity (Wildman–Crippen MR) is 135 cm³/mol. The van der Waals surface area contributed by atoms with Crippen LogP contribution in [0.3, 0.4) is 0 Å². The quantitative estimate of drug-likeness (QED) is 0.451. The molecule has 1 saturated heterocycles. The molecule has 3 heterocycles. The van der Waals surface area contributed by atoms with Gasteiger partial charge in [-0.15, -0.1) is 0 Å². The lowest BCUT2D eigenvalue weighted by Crippen LogP contribution is -2.36. The van der Waals surface area contributed by atoms with Crippen LogP contribution in [0.5, 0.6) is 0 Å². The van der Waals surface area contributed by atoms with Crippen LogP contribution in [-0.2, 0) is 17.8 Å². The number of fused-ring (bicyclic) bond motifs is 1. The number of benzene rings is 2. The van der Waals surface area contributed by atoms with Gasteiger partial charge in [0.1, 0.15) is 0 Å². The zero-order valence-corrected chi connectivity index (χ0v) is 20.2. The van der Waals surface area contributed by atoms with Crippen LogP contribution in [0.4, 0.5) is 0 Å². The van der Waals surface area contributed by atoms with Crippen LogP contribution in [0.15, 0.2) is 58.1 Å². The fourth-order valence-electron chi connectivity index (χ4n) is 4.47. The first-order chi connectivity index (χ1) is 16.4. The minimum absolute atomic E-state index is 0.184. The Morgan fingerprint density at radius 3 is 2.41 bits per heavy atom. The molecule has 176 valence electrons. The molecule has 7 nitrogen and oxygen atoms in total. The average Bonchev–Trinajstić information content (AvgIpc) is 3.15. The van der Waals surface area contributed by atoms with Crippen molar-refractivity contribution in [1.29, 1.82) is 0 Å². The van der Waals surface area contributed by atoms with Crippen LogP contribution in [0.2, 0.25) is 10.0 Å². The smallest absolute Gasteiger partial charge is 0.280 e. The molecule has 0 saturated carbocycles. The lowest BCUT2D eigenvalue weighted by molar-refractivity contribution is 0.0340. The molecule has 1 fully saturated rings. The average molecular weight is 499 g/mol. The van der Waals surface area contributed by atoms with Crippen molar-refractivity contribution < 1.29 is 4.74 Å². The van der Waals surface area contributed by atoms with E-state index in [0.717, 1.165) is 44.0 Å². The van der Waals surface area contributed by atoms with E-state index in [1.54, 1.807) is 29.7 Å². The number of nitrogens with one attached hydrogen (secondary N) is 1. The largest absolute Gasteiger partial charge is 0.379 e. The van der Waals surface area contributed by atoms with E-state index in [9.17, 15) is 9.59 Å². The molecule has 1 aliphatic heterocycles. The number of hydrogen-bond donors (Lipinski definition) is 1. The second-order valence-electron chi connectivity index (χ2n) is 8.45. The van der Waals surface area contributed by atoms with Crippen molar-refractivity contribution in [3.05, 3.63) is 96.1 Å². The minimum atomic E-state index is -0.285. The lowest BCUT2D eigenvalue weighted by atomic mass is 10.1. The standard InChI is InChI=1S/C25H24Cl2N4O3/c1-16-24-21(28-31(25(24)33)22-12-19(26)6-7-20(22)27)13-23(32)30(16)15-18-5-3-2-4-17(18)14-29-8-10-34-11-9-29/h2-7,12-13,28H,8-11,14-15H2,1H3. The van der Waals surface area contributed by atoms with E-state index < -0.39 is 0 Å². The van der Waals surface area contributed by atoms with Gasteiger partial charge in [0.05, 0.1) is 41.4 Å². The summed E-state index contributed by atoms with van der Waals surface area (Å²) < 4.78 is 8.45. The molecule has 0 unspecified atom stereocenters. The van der Waals surface area contributed by atoms with E-state index in [0.29, 0.717) is 38.9 Å². The summed E-state index contributed by atoms with van der Waals surface area (Å²) in [6.07, 6.45) is 0. The fourth-order valence-corrected chi connectivity index (χ4v) is 4.84. The third kappa shape index (κ3) is 4.32. The number of hydrogen-bond acceptors (Lipinski definition) is 4. The summed E-state index contributed by atoms with van der Waals surface area (Å²) in [7, 11) is 0.